The van der Waals surface area contributed by atoms with Crippen LogP contribution in [0, 0.1) is 5.92 Å². The molecular weight excluding hydrogens is 288 g/mol. The predicted molar refractivity (Wildman–Crippen MR) is 96.8 cm³/mol. The largest absolute Gasteiger partial charge is 0.494 e. The molecule has 0 amide bonds. The maximum atomic E-state index is 11.1. The minimum atomic E-state index is -0.0475. The molecular formula is C20H34O3. The fraction of sp³-hybridized carbons (Fsp3) is 0.650. The van der Waals surface area contributed by atoms with Crippen molar-refractivity contribution in [2.24, 2.45) is 5.92 Å². The van der Waals surface area contributed by atoms with Crippen LogP contribution in [-0.2, 0) is 9.53 Å². The average molecular weight is 322 g/mol. The van der Waals surface area contributed by atoms with Crippen LogP contribution in [0.25, 0.3) is 0 Å². The lowest BCUT2D eigenvalue weighted by Gasteiger charge is -2.11. The van der Waals surface area contributed by atoms with Crippen LogP contribution in [0.2, 0.25) is 0 Å². The first-order valence-corrected chi connectivity index (χ1v) is 8.95. The van der Waals surface area contributed by atoms with Gasteiger partial charge in [0, 0.05) is 0 Å². The predicted octanol–water partition coefficient (Wildman–Crippen LogP) is 5.63. The zero-order valence-electron chi connectivity index (χ0n) is 15.3. The minimum absolute atomic E-state index is 0.0475. The second-order valence-electron chi connectivity index (χ2n) is 5.67. The third-order valence-corrected chi connectivity index (χ3v) is 3.57. The number of benzene rings is 1. The van der Waals surface area contributed by atoms with E-state index >= 15 is 0 Å². The standard InChI is InChI=1S/C11H16O.C9H18O2/c1-2-3-7-10-12-11-8-5-4-6-9-11;1-4-6-8(7-5-2)9(10)11-3/h4-6,8-9H,2-3,7,10H2,1H3;8H,4-7H2,1-3H3. The van der Waals surface area contributed by atoms with Gasteiger partial charge in [-0.3, -0.25) is 4.79 Å². The smallest absolute Gasteiger partial charge is 0.308 e. The number of carbonyl (C=O) groups excluding carboxylic acids is 1. The van der Waals surface area contributed by atoms with Crippen LogP contribution in [0.15, 0.2) is 30.3 Å². The quantitative estimate of drug-likeness (QED) is 0.413. The van der Waals surface area contributed by atoms with Gasteiger partial charge in [0.2, 0.25) is 0 Å². The number of methoxy groups -OCH3 is 1. The van der Waals surface area contributed by atoms with Gasteiger partial charge < -0.3 is 9.47 Å². The summed E-state index contributed by atoms with van der Waals surface area (Å²) in [5, 5.41) is 0. The number of hydrogen-bond donors (Lipinski definition) is 0. The molecule has 0 aliphatic rings. The summed E-state index contributed by atoms with van der Waals surface area (Å²) < 4.78 is 10.2. The van der Waals surface area contributed by atoms with Gasteiger partial charge in [-0.2, -0.15) is 0 Å². The topological polar surface area (TPSA) is 35.5 Å². The number of hydrogen-bond acceptors (Lipinski definition) is 3. The molecule has 3 heteroatoms. The van der Waals surface area contributed by atoms with Crippen molar-refractivity contribution in [1.29, 1.82) is 0 Å². The molecule has 0 aromatic heterocycles. The van der Waals surface area contributed by atoms with E-state index in [2.05, 4.69) is 25.5 Å². The number of rotatable bonds is 10. The van der Waals surface area contributed by atoms with E-state index in [1.54, 1.807) is 0 Å². The van der Waals surface area contributed by atoms with E-state index < -0.39 is 0 Å². The molecule has 3 nitrogen and oxygen atoms in total. The van der Waals surface area contributed by atoms with Crippen molar-refractivity contribution in [2.75, 3.05) is 13.7 Å². The molecule has 1 rings (SSSR count). The molecule has 23 heavy (non-hydrogen) atoms. The lowest BCUT2D eigenvalue weighted by atomic mass is 9.99. The van der Waals surface area contributed by atoms with Crippen molar-refractivity contribution in [3.05, 3.63) is 30.3 Å². The van der Waals surface area contributed by atoms with Gasteiger partial charge in [0.15, 0.2) is 0 Å². The van der Waals surface area contributed by atoms with E-state index in [1.165, 1.54) is 20.0 Å². The lowest BCUT2D eigenvalue weighted by Crippen LogP contribution is -2.15. The molecule has 0 heterocycles. The van der Waals surface area contributed by atoms with Crippen LogP contribution >= 0.6 is 0 Å². The molecule has 0 atom stereocenters. The monoisotopic (exact) mass is 322 g/mol. The van der Waals surface area contributed by atoms with Crippen LogP contribution < -0.4 is 4.74 Å². The van der Waals surface area contributed by atoms with Crippen molar-refractivity contribution in [1.82, 2.24) is 0 Å². The highest BCUT2D eigenvalue weighted by Crippen LogP contribution is 2.14. The maximum Gasteiger partial charge on any atom is 0.308 e. The lowest BCUT2D eigenvalue weighted by molar-refractivity contribution is -0.145. The van der Waals surface area contributed by atoms with E-state index in [-0.39, 0.29) is 11.9 Å². The molecule has 1 aromatic carbocycles. The normalized spacial score (nSPS) is 9.96. The summed E-state index contributed by atoms with van der Waals surface area (Å²) in [6.45, 7) is 7.22. The highest BCUT2D eigenvalue weighted by Gasteiger charge is 2.16. The molecule has 0 unspecified atom stereocenters. The van der Waals surface area contributed by atoms with E-state index in [9.17, 15) is 4.79 Å². The van der Waals surface area contributed by atoms with Gasteiger partial charge in [-0.15, -0.1) is 0 Å². The number of carbonyl (C=O) groups is 1. The van der Waals surface area contributed by atoms with Crippen molar-refractivity contribution < 1.29 is 14.3 Å². The van der Waals surface area contributed by atoms with Crippen molar-refractivity contribution in [3.8, 4) is 5.75 Å². The van der Waals surface area contributed by atoms with E-state index in [4.69, 9.17) is 4.74 Å². The Kier molecular flexibility index (Phi) is 14.4. The number of para-hydroxylation sites is 1. The Labute approximate surface area is 142 Å². The molecule has 1 aromatic rings. The molecule has 0 spiro atoms. The Hall–Kier alpha value is -1.51. The molecule has 0 aliphatic heterocycles. The summed E-state index contributed by atoms with van der Waals surface area (Å²) in [7, 11) is 1.46. The third-order valence-electron chi connectivity index (χ3n) is 3.57. The summed E-state index contributed by atoms with van der Waals surface area (Å²) in [6, 6.07) is 9.97. The van der Waals surface area contributed by atoms with Gasteiger partial charge in [0.25, 0.3) is 0 Å². The average Bonchev–Trinajstić information content (AvgIpc) is 2.59. The first-order chi connectivity index (χ1) is 11.2. The Balaban J connectivity index is 0.000000423. The maximum absolute atomic E-state index is 11.1. The first kappa shape index (κ1) is 21.5. The third kappa shape index (κ3) is 11.7. The van der Waals surface area contributed by atoms with Crippen LogP contribution in [0.3, 0.4) is 0 Å². The highest BCUT2D eigenvalue weighted by molar-refractivity contribution is 5.72. The molecule has 0 aliphatic carbocycles. The summed E-state index contributed by atoms with van der Waals surface area (Å²) in [4.78, 5) is 11.1. The van der Waals surface area contributed by atoms with Crippen LogP contribution in [0.4, 0.5) is 0 Å². The van der Waals surface area contributed by atoms with Crippen LogP contribution in [-0.4, -0.2) is 19.7 Å². The van der Waals surface area contributed by atoms with E-state index in [1.807, 2.05) is 30.3 Å². The Morgan fingerprint density at radius 2 is 1.57 bits per heavy atom. The second-order valence-corrected chi connectivity index (χ2v) is 5.67. The van der Waals surface area contributed by atoms with Gasteiger partial charge in [-0.25, -0.2) is 0 Å². The van der Waals surface area contributed by atoms with Gasteiger partial charge >= 0.3 is 5.97 Å². The summed E-state index contributed by atoms with van der Waals surface area (Å²) in [5.41, 5.74) is 0. The second kappa shape index (κ2) is 15.4. The zero-order valence-corrected chi connectivity index (χ0v) is 15.3. The van der Waals surface area contributed by atoms with Crippen LogP contribution in [0.5, 0.6) is 5.75 Å². The molecule has 0 saturated carbocycles. The Morgan fingerprint density at radius 1 is 0.957 bits per heavy atom. The molecule has 0 fully saturated rings. The number of esters is 1. The van der Waals surface area contributed by atoms with Crippen LogP contribution in [0.1, 0.15) is 65.7 Å². The summed E-state index contributed by atoms with van der Waals surface area (Å²) >= 11 is 0. The minimum Gasteiger partial charge on any atom is -0.494 e. The molecule has 0 radical (unpaired) electrons. The molecule has 0 bridgehead atoms. The van der Waals surface area contributed by atoms with Gasteiger partial charge in [0.05, 0.1) is 19.6 Å². The van der Waals surface area contributed by atoms with Gasteiger partial charge in [-0.05, 0) is 31.4 Å². The number of ether oxygens (including phenoxy) is 2. The van der Waals surface area contributed by atoms with E-state index in [0.717, 1.165) is 44.5 Å². The Bertz CT molecular complexity index is 370. The molecule has 0 saturated heterocycles. The SMILES string of the molecule is CCCC(CCC)C(=O)OC.CCCCCOc1ccccc1. The Morgan fingerprint density at radius 3 is 2.04 bits per heavy atom. The molecule has 132 valence electrons. The first-order valence-electron chi connectivity index (χ1n) is 8.95. The van der Waals surface area contributed by atoms with Gasteiger partial charge in [-0.1, -0.05) is 64.7 Å². The molecule has 0 N–H and O–H groups in total. The van der Waals surface area contributed by atoms with E-state index in [0.29, 0.717) is 0 Å². The zero-order chi connectivity index (χ0) is 17.3. The highest BCUT2D eigenvalue weighted by atomic mass is 16.5. The number of unbranched alkanes of at least 4 members (excludes halogenated alkanes) is 2. The summed E-state index contributed by atoms with van der Waals surface area (Å²) in [6.07, 6.45) is 7.69. The fourth-order valence-electron chi connectivity index (χ4n) is 2.30. The fourth-order valence-corrected chi connectivity index (χ4v) is 2.30. The van der Waals surface area contributed by atoms with Gasteiger partial charge in [0.1, 0.15) is 5.75 Å². The summed E-state index contributed by atoms with van der Waals surface area (Å²) in [5.74, 6) is 1.07. The van der Waals surface area contributed by atoms with Crippen molar-refractivity contribution in [2.45, 2.75) is 65.7 Å². The van der Waals surface area contributed by atoms with Crippen molar-refractivity contribution >= 4 is 5.97 Å². The van der Waals surface area contributed by atoms with Crippen molar-refractivity contribution in [3.63, 3.8) is 0 Å².